The number of carbonyl (C=O) groups excluding carboxylic acids is 1. The fourth-order valence-electron chi connectivity index (χ4n) is 3.23. The maximum Gasteiger partial charge on any atom is 0.311 e. The van der Waals surface area contributed by atoms with Crippen molar-refractivity contribution in [2.75, 3.05) is 57.9 Å². The molecule has 1 fully saturated rings. The lowest BCUT2D eigenvalue weighted by Crippen LogP contribution is -2.47. The van der Waals surface area contributed by atoms with Gasteiger partial charge < -0.3 is 14.4 Å². The highest BCUT2D eigenvalue weighted by Crippen LogP contribution is 2.16. The molecule has 0 amide bonds. The van der Waals surface area contributed by atoms with Crippen LogP contribution in [0.15, 0.2) is 34.7 Å². The minimum absolute atomic E-state index is 0.173. The molecule has 0 atom stereocenters. The average Bonchev–Trinajstić information content (AvgIpc) is 3.22. The summed E-state index contributed by atoms with van der Waals surface area (Å²) in [6.45, 7) is 11.7. The van der Waals surface area contributed by atoms with Gasteiger partial charge in [-0.05, 0) is 43.3 Å². The molecule has 168 valence electrons. The number of ether oxygens (including phenoxy) is 2. The van der Waals surface area contributed by atoms with Crippen LogP contribution in [0.2, 0.25) is 0 Å². The van der Waals surface area contributed by atoms with Gasteiger partial charge in [-0.3, -0.25) is 15.1 Å². The molecule has 1 aliphatic rings. The average molecular weight is 446 g/mol. The summed E-state index contributed by atoms with van der Waals surface area (Å²) in [6.07, 6.45) is 1.90. The van der Waals surface area contributed by atoms with E-state index in [9.17, 15) is 4.79 Å². The largest absolute Gasteiger partial charge is 0.492 e. The predicted molar refractivity (Wildman–Crippen MR) is 124 cm³/mol. The third-order valence-electron chi connectivity index (χ3n) is 5.02. The summed E-state index contributed by atoms with van der Waals surface area (Å²) < 4.78 is 10.8. The van der Waals surface area contributed by atoms with E-state index in [0.29, 0.717) is 24.0 Å². The smallest absolute Gasteiger partial charge is 0.311 e. The van der Waals surface area contributed by atoms with Crippen molar-refractivity contribution in [3.63, 3.8) is 0 Å². The van der Waals surface area contributed by atoms with Crippen molar-refractivity contribution in [1.29, 1.82) is 0 Å². The Hall–Kier alpha value is -2.49. The van der Waals surface area contributed by atoms with Gasteiger partial charge in [0, 0.05) is 38.1 Å². The van der Waals surface area contributed by atoms with Gasteiger partial charge >= 0.3 is 5.97 Å². The summed E-state index contributed by atoms with van der Waals surface area (Å²) >= 11 is 1.40. The Kier molecular flexibility index (Phi) is 9.26. The monoisotopic (exact) mass is 445 g/mol. The lowest BCUT2D eigenvalue weighted by Gasteiger charge is -2.33. The molecular formula is C22H31N5O3S. The van der Waals surface area contributed by atoms with Crippen molar-refractivity contribution >= 4 is 28.7 Å². The summed E-state index contributed by atoms with van der Waals surface area (Å²) in [5, 5.41) is 6.67. The zero-order chi connectivity index (χ0) is 21.9. The predicted octanol–water partition coefficient (Wildman–Crippen LogP) is 2.71. The molecule has 0 aliphatic carbocycles. The van der Waals surface area contributed by atoms with E-state index in [-0.39, 0.29) is 12.4 Å². The highest BCUT2D eigenvalue weighted by Gasteiger charge is 2.14. The SMILES string of the molecule is CCOC(=O)Cc1csc(NN=Cc2ccc(OCCN3CCN(CC)CC3)cc2)n1. The fraction of sp³-hybridized carbons (Fsp3) is 0.500. The van der Waals surface area contributed by atoms with E-state index >= 15 is 0 Å². The molecule has 1 N–H and O–H groups in total. The summed E-state index contributed by atoms with van der Waals surface area (Å²) in [5.41, 5.74) is 4.53. The highest BCUT2D eigenvalue weighted by atomic mass is 32.1. The molecule has 1 aliphatic heterocycles. The summed E-state index contributed by atoms with van der Waals surface area (Å²) in [7, 11) is 0. The van der Waals surface area contributed by atoms with E-state index in [4.69, 9.17) is 9.47 Å². The first kappa shape index (κ1) is 23.2. The van der Waals surface area contributed by atoms with Crippen molar-refractivity contribution < 1.29 is 14.3 Å². The molecule has 8 nitrogen and oxygen atoms in total. The van der Waals surface area contributed by atoms with Gasteiger partial charge in [0.1, 0.15) is 12.4 Å². The molecular weight excluding hydrogens is 414 g/mol. The van der Waals surface area contributed by atoms with Crippen molar-refractivity contribution in [3.8, 4) is 5.75 Å². The van der Waals surface area contributed by atoms with Gasteiger partial charge in [0.25, 0.3) is 0 Å². The molecule has 9 heteroatoms. The van der Waals surface area contributed by atoms with E-state index < -0.39 is 0 Å². The number of thiazole rings is 1. The topological polar surface area (TPSA) is 79.3 Å². The van der Waals surface area contributed by atoms with Crippen LogP contribution in [0.5, 0.6) is 5.75 Å². The van der Waals surface area contributed by atoms with Gasteiger partial charge in [-0.2, -0.15) is 5.10 Å². The third-order valence-corrected chi connectivity index (χ3v) is 5.82. The highest BCUT2D eigenvalue weighted by molar-refractivity contribution is 7.13. The minimum atomic E-state index is -0.274. The Labute approximate surface area is 187 Å². The first-order valence-electron chi connectivity index (χ1n) is 10.7. The van der Waals surface area contributed by atoms with Crippen LogP contribution in [-0.4, -0.2) is 79.5 Å². The van der Waals surface area contributed by atoms with Gasteiger partial charge in [-0.25, -0.2) is 4.98 Å². The van der Waals surface area contributed by atoms with E-state index in [1.165, 1.54) is 11.3 Å². The molecule has 1 aromatic carbocycles. The summed E-state index contributed by atoms with van der Waals surface area (Å²) in [5.74, 6) is 0.588. The Morgan fingerprint density at radius 3 is 2.65 bits per heavy atom. The molecule has 0 bridgehead atoms. The lowest BCUT2D eigenvalue weighted by molar-refractivity contribution is -0.142. The van der Waals surface area contributed by atoms with Crippen LogP contribution >= 0.6 is 11.3 Å². The molecule has 0 unspecified atom stereocenters. The Morgan fingerprint density at radius 2 is 1.94 bits per heavy atom. The normalized spacial score (nSPS) is 15.3. The second-order valence-electron chi connectivity index (χ2n) is 7.19. The van der Waals surface area contributed by atoms with Gasteiger partial charge in [-0.15, -0.1) is 11.3 Å². The maximum atomic E-state index is 11.5. The number of likely N-dealkylation sites (N-methyl/N-ethyl adjacent to an activating group) is 1. The number of rotatable bonds is 11. The van der Waals surface area contributed by atoms with E-state index in [0.717, 1.165) is 50.6 Å². The number of carbonyl (C=O) groups is 1. The second-order valence-corrected chi connectivity index (χ2v) is 8.05. The van der Waals surface area contributed by atoms with Crippen LogP contribution < -0.4 is 10.2 Å². The van der Waals surface area contributed by atoms with Crippen molar-refractivity contribution in [3.05, 3.63) is 40.9 Å². The van der Waals surface area contributed by atoms with E-state index in [1.807, 2.05) is 29.6 Å². The number of esters is 1. The molecule has 31 heavy (non-hydrogen) atoms. The number of hydrogen-bond donors (Lipinski definition) is 1. The number of hydrogen-bond acceptors (Lipinski definition) is 9. The van der Waals surface area contributed by atoms with Gasteiger partial charge in [0.05, 0.1) is 24.9 Å². The van der Waals surface area contributed by atoms with Crippen LogP contribution in [0, 0.1) is 0 Å². The summed E-state index contributed by atoms with van der Waals surface area (Å²) in [4.78, 5) is 20.8. The number of benzene rings is 1. The van der Waals surface area contributed by atoms with Crippen LogP contribution in [0.1, 0.15) is 25.1 Å². The number of hydrazone groups is 1. The van der Waals surface area contributed by atoms with E-state index in [2.05, 4.69) is 32.2 Å². The fourth-order valence-corrected chi connectivity index (χ4v) is 3.89. The number of piperazine rings is 1. The zero-order valence-electron chi connectivity index (χ0n) is 18.2. The zero-order valence-corrected chi connectivity index (χ0v) is 19.1. The molecule has 0 spiro atoms. The molecule has 2 aromatic rings. The number of nitrogens with one attached hydrogen (secondary N) is 1. The quantitative estimate of drug-likeness (QED) is 0.324. The minimum Gasteiger partial charge on any atom is -0.492 e. The second kappa shape index (κ2) is 12.4. The first-order chi connectivity index (χ1) is 15.2. The number of nitrogens with zero attached hydrogens (tertiary/aromatic N) is 4. The molecule has 1 saturated heterocycles. The third kappa shape index (κ3) is 7.93. The molecule has 3 rings (SSSR count). The van der Waals surface area contributed by atoms with Crippen LogP contribution in [0.3, 0.4) is 0 Å². The maximum absolute atomic E-state index is 11.5. The van der Waals surface area contributed by atoms with E-state index in [1.54, 1.807) is 13.1 Å². The van der Waals surface area contributed by atoms with Crippen molar-refractivity contribution in [2.45, 2.75) is 20.3 Å². The number of anilines is 1. The molecule has 0 saturated carbocycles. The van der Waals surface area contributed by atoms with Crippen LogP contribution in [0.4, 0.5) is 5.13 Å². The van der Waals surface area contributed by atoms with Gasteiger partial charge in [-0.1, -0.05) is 6.92 Å². The standard InChI is InChI=1S/C22H31N5O3S/c1-3-26-9-11-27(12-10-26)13-14-30-20-7-5-18(6-8-20)16-23-25-22-24-19(17-31-22)15-21(28)29-4-2/h5-8,16-17H,3-4,9-15H2,1-2H3,(H,24,25). The Morgan fingerprint density at radius 1 is 1.19 bits per heavy atom. The van der Waals surface area contributed by atoms with Gasteiger partial charge in [0.2, 0.25) is 5.13 Å². The Bertz CT molecular complexity index is 832. The molecule has 0 radical (unpaired) electrons. The molecule has 1 aromatic heterocycles. The van der Waals surface area contributed by atoms with Crippen LogP contribution in [0.25, 0.3) is 0 Å². The van der Waals surface area contributed by atoms with Crippen molar-refractivity contribution in [2.24, 2.45) is 5.10 Å². The summed E-state index contributed by atoms with van der Waals surface area (Å²) in [6, 6.07) is 7.84. The Balaban J connectivity index is 1.37. The lowest BCUT2D eigenvalue weighted by atomic mass is 10.2. The van der Waals surface area contributed by atoms with Crippen LogP contribution in [-0.2, 0) is 16.0 Å². The molecule has 2 heterocycles. The van der Waals surface area contributed by atoms with Crippen molar-refractivity contribution in [1.82, 2.24) is 14.8 Å². The first-order valence-corrected chi connectivity index (χ1v) is 11.6. The number of aromatic nitrogens is 1. The van der Waals surface area contributed by atoms with Gasteiger partial charge in [0.15, 0.2) is 0 Å².